The molecular formula is C20H33N3O2. The van der Waals surface area contributed by atoms with Gasteiger partial charge in [0.05, 0.1) is 0 Å². The Morgan fingerprint density at radius 3 is 2.68 bits per heavy atom. The van der Waals surface area contributed by atoms with E-state index in [2.05, 4.69) is 29.4 Å². The number of carbonyl (C=O) groups is 1. The number of amides is 1. The van der Waals surface area contributed by atoms with Gasteiger partial charge in [0.15, 0.2) is 0 Å². The lowest BCUT2D eigenvalue weighted by atomic mass is 9.96. The van der Waals surface area contributed by atoms with Crippen molar-refractivity contribution in [2.24, 2.45) is 5.92 Å². The summed E-state index contributed by atoms with van der Waals surface area (Å²) in [6.07, 6.45) is 3.56. The van der Waals surface area contributed by atoms with Gasteiger partial charge in [0.2, 0.25) is 0 Å². The minimum atomic E-state index is -0.00143. The monoisotopic (exact) mass is 347 g/mol. The van der Waals surface area contributed by atoms with Crippen LogP contribution >= 0.6 is 0 Å². The number of carbonyl (C=O) groups excluding carboxylic acids is 1. The van der Waals surface area contributed by atoms with Crippen LogP contribution in [0.25, 0.3) is 0 Å². The summed E-state index contributed by atoms with van der Waals surface area (Å²) in [6, 6.07) is 7.43. The first kappa shape index (κ1) is 19.7. The van der Waals surface area contributed by atoms with E-state index in [0.717, 1.165) is 51.4 Å². The Hall–Kier alpha value is -1.59. The Labute approximate surface area is 152 Å². The minimum Gasteiger partial charge on any atom is -0.492 e. The molecule has 5 nitrogen and oxygen atoms in total. The molecule has 140 valence electrons. The Morgan fingerprint density at radius 2 is 2.04 bits per heavy atom. The van der Waals surface area contributed by atoms with Gasteiger partial charge in [-0.3, -0.25) is 4.79 Å². The first-order valence-corrected chi connectivity index (χ1v) is 9.67. The van der Waals surface area contributed by atoms with Gasteiger partial charge >= 0.3 is 0 Å². The van der Waals surface area contributed by atoms with Crippen LogP contribution in [0.15, 0.2) is 24.3 Å². The van der Waals surface area contributed by atoms with Crippen LogP contribution < -0.4 is 15.4 Å². The highest BCUT2D eigenvalue weighted by atomic mass is 16.5. The van der Waals surface area contributed by atoms with E-state index < -0.39 is 0 Å². The molecule has 1 aromatic carbocycles. The molecular weight excluding hydrogens is 314 g/mol. The van der Waals surface area contributed by atoms with Crippen LogP contribution in [0.5, 0.6) is 5.75 Å². The summed E-state index contributed by atoms with van der Waals surface area (Å²) in [4.78, 5) is 14.5. The van der Waals surface area contributed by atoms with E-state index in [1.165, 1.54) is 12.8 Å². The fourth-order valence-corrected chi connectivity index (χ4v) is 3.20. The van der Waals surface area contributed by atoms with Crippen molar-refractivity contribution in [1.82, 2.24) is 15.5 Å². The van der Waals surface area contributed by atoms with Crippen LogP contribution in [0.1, 0.15) is 43.5 Å². The molecule has 1 heterocycles. The molecule has 0 aliphatic carbocycles. The summed E-state index contributed by atoms with van der Waals surface area (Å²) in [5.74, 6) is 1.51. The molecule has 0 aromatic heterocycles. The van der Waals surface area contributed by atoms with E-state index in [-0.39, 0.29) is 5.91 Å². The lowest BCUT2D eigenvalue weighted by Gasteiger charge is -2.22. The quantitative estimate of drug-likeness (QED) is 0.683. The van der Waals surface area contributed by atoms with E-state index >= 15 is 0 Å². The first-order valence-electron chi connectivity index (χ1n) is 9.67. The second-order valence-electron chi connectivity index (χ2n) is 6.66. The standard InChI is InChI=1S/C20H33N3O2/c1-3-23(4-2)14-15-25-19-9-7-18(8-10-19)20(24)22-13-11-17-6-5-12-21-16-17/h7-10,17,21H,3-6,11-16H2,1-2H3,(H,22,24). The number of hydrogen-bond donors (Lipinski definition) is 2. The maximum Gasteiger partial charge on any atom is 0.251 e. The van der Waals surface area contributed by atoms with Crippen molar-refractivity contribution >= 4 is 5.91 Å². The van der Waals surface area contributed by atoms with Gasteiger partial charge in [-0.05, 0) is 75.6 Å². The second kappa shape index (κ2) is 11.1. The molecule has 1 fully saturated rings. The van der Waals surface area contributed by atoms with E-state index in [4.69, 9.17) is 4.74 Å². The Morgan fingerprint density at radius 1 is 1.28 bits per heavy atom. The average molecular weight is 348 g/mol. The van der Waals surface area contributed by atoms with Gasteiger partial charge in [0.1, 0.15) is 12.4 Å². The smallest absolute Gasteiger partial charge is 0.251 e. The number of hydrogen-bond acceptors (Lipinski definition) is 4. The topological polar surface area (TPSA) is 53.6 Å². The van der Waals surface area contributed by atoms with E-state index in [9.17, 15) is 4.79 Å². The number of piperidine rings is 1. The highest BCUT2D eigenvalue weighted by Crippen LogP contribution is 2.14. The lowest BCUT2D eigenvalue weighted by molar-refractivity contribution is 0.0950. The predicted octanol–water partition coefficient (Wildman–Crippen LogP) is 2.53. The summed E-state index contributed by atoms with van der Waals surface area (Å²) in [5.41, 5.74) is 0.692. The second-order valence-corrected chi connectivity index (χ2v) is 6.66. The Balaban J connectivity index is 1.68. The van der Waals surface area contributed by atoms with Gasteiger partial charge in [0, 0.05) is 18.7 Å². The van der Waals surface area contributed by atoms with Crippen molar-refractivity contribution in [3.05, 3.63) is 29.8 Å². The molecule has 1 unspecified atom stereocenters. The van der Waals surface area contributed by atoms with E-state index in [1.807, 2.05) is 24.3 Å². The zero-order valence-electron chi connectivity index (χ0n) is 15.7. The lowest BCUT2D eigenvalue weighted by Crippen LogP contribution is -2.33. The van der Waals surface area contributed by atoms with Crippen LogP contribution in [0.4, 0.5) is 0 Å². The van der Waals surface area contributed by atoms with Gasteiger partial charge in [-0.2, -0.15) is 0 Å². The number of nitrogens with zero attached hydrogens (tertiary/aromatic N) is 1. The normalized spacial score (nSPS) is 17.5. The molecule has 5 heteroatoms. The van der Waals surface area contributed by atoms with Gasteiger partial charge in [-0.25, -0.2) is 0 Å². The Bertz CT molecular complexity index is 494. The third-order valence-corrected chi connectivity index (χ3v) is 4.92. The van der Waals surface area contributed by atoms with E-state index in [0.29, 0.717) is 18.1 Å². The Kier molecular flexibility index (Phi) is 8.77. The van der Waals surface area contributed by atoms with Crippen LogP contribution in [-0.2, 0) is 0 Å². The third kappa shape index (κ3) is 7.04. The van der Waals surface area contributed by atoms with Gasteiger partial charge in [0.25, 0.3) is 5.91 Å². The van der Waals surface area contributed by atoms with Crippen molar-refractivity contribution in [3.63, 3.8) is 0 Å². The average Bonchev–Trinajstić information content (AvgIpc) is 2.66. The molecule has 0 bridgehead atoms. The molecule has 0 saturated carbocycles. The third-order valence-electron chi connectivity index (χ3n) is 4.92. The van der Waals surface area contributed by atoms with Crippen LogP contribution in [0, 0.1) is 5.92 Å². The van der Waals surface area contributed by atoms with Crippen molar-refractivity contribution in [2.45, 2.75) is 33.1 Å². The number of rotatable bonds is 10. The highest BCUT2D eigenvalue weighted by molar-refractivity contribution is 5.94. The summed E-state index contributed by atoms with van der Waals surface area (Å²) in [5, 5.41) is 6.44. The van der Waals surface area contributed by atoms with Crippen molar-refractivity contribution < 1.29 is 9.53 Å². The van der Waals surface area contributed by atoms with Gasteiger partial charge in [-0.1, -0.05) is 13.8 Å². The molecule has 1 aromatic rings. The molecule has 1 amide bonds. The molecule has 2 rings (SSSR count). The fraction of sp³-hybridized carbons (Fsp3) is 0.650. The van der Waals surface area contributed by atoms with Crippen LogP contribution in [-0.4, -0.2) is 56.7 Å². The largest absolute Gasteiger partial charge is 0.492 e. The summed E-state index contributed by atoms with van der Waals surface area (Å²) >= 11 is 0. The molecule has 0 radical (unpaired) electrons. The van der Waals surface area contributed by atoms with E-state index in [1.54, 1.807) is 0 Å². The van der Waals surface area contributed by atoms with Crippen molar-refractivity contribution in [2.75, 3.05) is 45.9 Å². The summed E-state index contributed by atoms with van der Waals surface area (Å²) in [6.45, 7) is 10.9. The number of likely N-dealkylation sites (N-methyl/N-ethyl adjacent to an activating group) is 1. The first-order chi connectivity index (χ1) is 12.2. The maximum atomic E-state index is 12.2. The summed E-state index contributed by atoms with van der Waals surface area (Å²) < 4.78 is 5.76. The summed E-state index contributed by atoms with van der Waals surface area (Å²) in [7, 11) is 0. The minimum absolute atomic E-state index is 0.00143. The number of nitrogens with one attached hydrogen (secondary N) is 2. The molecule has 1 aliphatic heterocycles. The maximum absolute atomic E-state index is 12.2. The molecule has 25 heavy (non-hydrogen) atoms. The van der Waals surface area contributed by atoms with Crippen LogP contribution in [0.3, 0.4) is 0 Å². The molecule has 0 spiro atoms. The molecule has 1 aliphatic rings. The van der Waals surface area contributed by atoms with Crippen molar-refractivity contribution in [3.8, 4) is 5.75 Å². The predicted molar refractivity (Wildman–Crippen MR) is 102 cm³/mol. The van der Waals surface area contributed by atoms with Crippen LogP contribution in [0.2, 0.25) is 0 Å². The van der Waals surface area contributed by atoms with Gasteiger partial charge in [-0.15, -0.1) is 0 Å². The van der Waals surface area contributed by atoms with Gasteiger partial charge < -0.3 is 20.3 Å². The molecule has 1 saturated heterocycles. The van der Waals surface area contributed by atoms with Crippen molar-refractivity contribution in [1.29, 1.82) is 0 Å². The fourth-order valence-electron chi connectivity index (χ4n) is 3.20. The number of benzene rings is 1. The molecule has 1 atom stereocenters. The SMILES string of the molecule is CCN(CC)CCOc1ccc(C(=O)NCCC2CCCNC2)cc1. The molecule has 2 N–H and O–H groups in total. The highest BCUT2D eigenvalue weighted by Gasteiger charge is 2.13. The zero-order chi connectivity index (χ0) is 17.9. The zero-order valence-corrected chi connectivity index (χ0v) is 15.7. The number of ether oxygens (including phenoxy) is 1.